The highest BCUT2D eigenvalue weighted by Crippen LogP contribution is 2.38. The molecule has 0 aromatic heterocycles. The van der Waals surface area contributed by atoms with Crippen molar-refractivity contribution < 1.29 is 4.74 Å². The van der Waals surface area contributed by atoms with Gasteiger partial charge in [-0.2, -0.15) is 0 Å². The molecule has 1 aromatic carbocycles. The molecule has 0 radical (unpaired) electrons. The summed E-state index contributed by atoms with van der Waals surface area (Å²) < 4.78 is 7.50. The van der Waals surface area contributed by atoms with Crippen LogP contribution in [0.15, 0.2) is 28.7 Å². The molecule has 1 atom stereocenters. The largest absolute Gasteiger partial charge is 0.374 e. The van der Waals surface area contributed by atoms with Gasteiger partial charge in [-0.3, -0.25) is 0 Å². The minimum atomic E-state index is -0.00864. The third kappa shape index (κ3) is 4.08. The molecule has 1 unspecified atom stereocenters. The lowest BCUT2D eigenvalue weighted by molar-refractivity contribution is -0.0947. The summed E-state index contributed by atoms with van der Waals surface area (Å²) >= 11 is 3.68. The zero-order chi connectivity index (χ0) is 15.3. The monoisotopic (exact) mass is 353 g/mol. The van der Waals surface area contributed by atoms with Crippen LogP contribution in [0.1, 0.15) is 45.1 Å². The van der Waals surface area contributed by atoms with Crippen molar-refractivity contribution in [2.24, 2.45) is 5.92 Å². The first-order chi connectivity index (χ1) is 10.1. The van der Waals surface area contributed by atoms with Crippen molar-refractivity contribution in [2.45, 2.75) is 57.6 Å². The molecule has 2 rings (SSSR count). The maximum absolute atomic E-state index is 6.31. The number of halogens is 1. The average Bonchev–Trinajstić information content (AvgIpc) is 2.49. The highest BCUT2D eigenvalue weighted by atomic mass is 79.9. The predicted molar refractivity (Wildman–Crippen MR) is 92.7 cm³/mol. The first-order valence-electron chi connectivity index (χ1n) is 8.16. The molecular weight excluding hydrogens is 326 g/mol. The van der Waals surface area contributed by atoms with Crippen LogP contribution in [-0.4, -0.2) is 25.3 Å². The van der Waals surface area contributed by atoms with Crippen LogP contribution in [0.5, 0.6) is 0 Å². The molecule has 1 saturated carbocycles. The Labute approximate surface area is 137 Å². The van der Waals surface area contributed by atoms with E-state index in [1.165, 1.54) is 22.9 Å². The molecule has 1 N–H and O–H groups in total. The van der Waals surface area contributed by atoms with Gasteiger partial charge in [0, 0.05) is 17.1 Å². The van der Waals surface area contributed by atoms with Crippen LogP contribution in [0.3, 0.4) is 0 Å². The van der Waals surface area contributed by atoms with Crippen LogP contribution in [0.25, 0.3) is 0 Å². The number of ether oxygens (including phenoxy) is 1. The molecule has 1 aliphatic rings. The molecule has 1 aliphatic carbocycles. The fourth-order valence-electron chi connectivity index (χ4n) is 3.57. The van der Waals surface area contributed by atoms with Crippen molar-refractivity contribution >= 4 is 15.9 Å². The SMILES string of the molecule is CCOC1(C(Cc2ccccc2Br)NC)CCC(C)CC1. The Morgan fingerprint density at radius 2 is 2.00 bits per heavy atom. The number of rotatable bonds is 6. The average molecular weight is 354 g/mol. The van der Waals surface area contributed by atoms with Crippen molar-refractivity contribution in [2.75, 3.05) is 13.7 Å². The molecule has 0 spiro atoms. The second-order valence-corrected chi connectivity index (χ2v) is 7.17. The van der Waals surface area contributed by atoms with Gasteiger partial charge in [0.05, 0.1) is 5.60 Å². The van der Waals surface area contributed by atoms with Crippen LogP contribution >= 0.6 is 15.9 Å². The normalized spacial score (nSPS) is 27.5. The predicted octanol–water partition coefficient (Wildman–Crippen LogP) is 4.57. The van der Waals surface area contributed by atoms with Crippen LogP contribution in [0.4, 0.5) is 0 Å². The highest BCUT2D eigenvalue weighted by molar-refractivity contribution is 9.10. The second kappa shape index (κ2) is 7.75. The molecule has 0 aliphatic heterocycles. The molecular formula is C18H28BrNO. The van der Waals surface area contributed by atoms with Gasteiger partial charge in [0.15, 0.2) is 0 Å². The van der Waals surface area contributed by atoms with Crippen LogP contribution in [-0.2, 0) is 11.2 Å². The third-order valence-electron chi connectivity index (χ3n) is 4.92. The van der Waals surface area contributed by atoms with Gasteiger partial charge in [-0.25, -0.2) is 0 Å². The smallest absolute Gasteiger partial charge is 0.0837 e. The van der Waals surface area contributed by atoms with Gasteiger partial charge in [0.2, 0.25) is 0 Å². The Hall–Kier alpha value is -0.380. The summed E-state index contributed by atoms with van der Waals surface area (Å²) in [6.45, 7) is 5.27. The van der Waals surface area contributed by atoms with Crippen LogP contribution in [0.2, 0.25) is 0 Å². The molecule has 0 bridgehead atoms. The molecule has 1 fully saturated rings. The molecule has 3 heteroatoms. The summed E-state index contributed by atoms with van der Waals surface area (Å²) in [5.74, 6) is 0.833. The van der Waals surface area contributed by atoms with Gasteiger partial charge in [-0.1, -0.05) is 41.1 Å². The number of nitrogens with one attached hydrogen (secondary N) is 1. The van der Waals surface area contributed by atoms with Crippen molar-refractivity contribution in [1.29, 1.82) is 0 Å². The van der Waals surface area contributed by atoms with Gasteiger partial charge < -0.3 is 10.1 Å². The summed E-state index contributed by atoms with van der Waals surface area (Å²) in [5, 5.41) is 3.54. The van der Waals surface area contributed by atoms with Crippen molar-refractivity contribution in [1.82, 2.24) is 5.32 Å². The van der Waals surface area contributed by atoms with E-state index >= 15 is 0 Å². The second-order valence-electron chi connectivity index (χ2n) is 6.32. The Kier molecular flexibility index (Phi) is 6.27. The molecule has 2 nitrogen and oxygen atoms in total. The summed E-state index contributed by atoms with van der Waals surface area (Å²) in [5.41, 5.74) is 1.35. The number of hydrogen-bond donors (Lipinski definition) is 1. The number of hydrogen-bond acceptors (Lipinski definition) is 2. The topological polar surface area (TPSA) is 21.3 Å². The zero-order valence-corrected chi connectivity index (χ0v) is 15.1. The van der Waals surface area contributed by atoms with Crippen molar-refractivity contribution in [3.05, 3.63) is 34.3 Å². The van der Waals surface area contributed by atoms with E-state index in [1.807, 2.05) is 0 Å². The maximum atomic E-state index is 6.31. The van der Waals surface area contributed by atoms with E-state index in [1.54, 1.807) is 0 Å². The molecule has 118 valence electrons. The molecule has 1 aromatic rings. The van der Waals surface area contributed by atoms with E-state index in [0.29, 0.717) is 6.04 Å². The summed E-state index contributed by atoms with van der Waals surface area (Å²) in [7, 11) is 2.07. The standard InChI is InChI=1S/C18H28BrNO/c1-4-21-18(11-9-14(2)10-12-18)17(20-3)13-15-7-5-6-8-16(15)19/h5-8,14,17,20H,4,9-13H2,1-3H3. The number of likely N-dealkylation sites (N-methyl/N-ethyl adjacent to an activating group) is 1. The van der Waals surface area contributed by atoms with Crippen LogP contribution in [0, 0.1) is 5.92 Å². The van der Waals surface area contributed by atoms with Gasteiger partial charge in [0.1, 0.15) is 0 Å². The van der Waals surface area contributed by atoms with E-state index < -0.39 is 0 Å². The van der Waals surface area contributed by atoms with E-state index in [4.69, 9.17) is 4.74 Å². The fraction of sp³-hybridized carbons (Fsp3) is 0.667. The van der Waals surface area contributed by atoms with Crippen LogP contribution < -0.4 is 5.32 Å². The highest BCUT2D eigenvalue weighted by Gasteiger charge is 2.41. The zero-order valence-electron chi connectivity index (χ0n) is 13.5. The molecule has 0 saturated heterocycles. The first-order valence-corrected chi connectivity index (χ1v) is 8.95. The maximum Gasteiger partial charge on any atom is 0.0837 e. The van der Waals surface area contributed by atoms with Crippen molar-refractivity contribution in [3.63, 3.8) is 0 Å². The van der Waals surface area contributed by atoms with E-state index in [2.05, 4.69) is 66.4 Å². The Balaban J connectivity index is 2.18. The lowest BCUT2D eigenvalue weighted by Gasteiger charge is -2.45. The molecule has 21 heavy (non-hydrogen) atoms. The third-order valence-corrected chi connectivity index (χ3v) is 5.69. The van der Waals surface area contributed by atoms with E-state index in [9.17, 15) is 0 Å². The van der Waals surface area contributed by atoms with Gasteiger partial charge in [-0.15, -0.1) is 0 Å². The number of benzene rings is 1. The van der Waals surface area contributed by atoms with Gasteiger partial charge in [-0.05, 0) is 63.6 Å². The van der Waals surface area contributed by atoms with Gasteiger partial charge >= 0.3 is 0 Å². The minimum absolute atomic E-state index is 0.00864. The molecule has 0 amide bonds. The first kappa shape index (κ1) is 17.0. The summed E-state index contributed by atoms with van der Waals surface area (Å²) in [6, 6.07) is 8.88. The minimum Gasteiger partial charge on any atom is -0.374 e. The van der Waals surface area contributed by atoms with Crippen molar-refractivity contribution in [3.8, 4) is 0 Å². The fourth-order valence-corrected chi connectivity index (χ4v) is 4.01. The molecule has 0 heterocycles. The van der Waals surface area contributed by atoms with Gasteiger partial charge in [0.25, 0.3) is 0 Å². The Morgan fingerprint density at radius 3 is 2.57 bits per heavy atom. The Morgan fingerprint density at radius 1 is 1.33 bits per heavy atom. The summed E-state index contributed by atoms with van der Waals surface area (Å²) in [4.78, 5) is 0. The quantitative estimate of drug-likeness (QED) is 0.808. The lowest BCUT2D eigenvalue weighted by atomic mass is 9.73. The summed E-state index contributed by atoms with van der Waals surface area (Å²) in [6.07, 6.45) is 5.88. The lowest BCUT2D eigenvalue weighted by Crippen LogP contribution is -2.54. The van der Waals surface area contributed by atoms with E-state index in [0.717, 1.165) is 31.8 Å². The van der Waals surface area contributed by atoms with E-state index in [-0.39, 0.29) is 5.60 Å². The Bertz CT molecular complexity index is 441.